The quantitative estimate of drug-likeness (QED) is 0.685. The van der Waals surface area contributed by atoms with E-state index < -0.39 is 0 Å². The number of nitrogens with one attached hydrogen (secondary N) is 1. The number of fused-ring (bicyclic) bond motifs is 1. The summed E-state index contributed by atoms with van der Waals surface area (Å²) >= 11 is 5.90. The minimum Gasteiger partial charge on any atom is -0.486 e. The molecule has 0 spiro atoms. The van der Waals surface area contributed by atoms with Crippen LogP contribution in [0.4, 0.5) is 0 Å². The fourth-order valence-electron chi connectivity index (χ4n) is 2.96. The van der Waals surface area contributed by atoms with Gasteiger partial charge in [-0.3, -0.25) is 4.79 Å². The molecular weight excluding hydrogens is 380 g/mol. The summed E-state index contributed by atoms with van der Waals surface area (Å²) in [6, 6.07) is 14.8. The Labute approximate surface area is 167 Å². The fourth-order valence-corrected chi connectivity index (χ4v) is 3.08. The molecule has 2 aromatic carbocycles. The molecule has 6 nitrogen and oxygen atoms in total. The summed E-state index contributed by atoms with van der Waals surface area (Å²) in [7, 11) is 0. The number of hydrogen-bond acceptors (Lipinski definition) is 5. The molecule has 0 bridgehead atoms. The second-order valence-corrected chi connectivity index (χ2v) is 6.88. The normalized spacial score (nSPS) is 12.6. The van der Waals surface area contributed by atoms with Crippen LogP contribution < -0.4 is 14.8 Å². The van der Waals surface area contributed by atoms with Gasteiger partial charge in [-0.2, -0.15) is 0 Å². The predicted octanol–water partition coefficient (Wildman–Crippen LogP) is 3.67. The third-order valence-corrected chi connectivity index (χ3v) is 4.61. The van der Waals surface area contributed by atoms with Crippen LogP contribution in [0.2, 0.25) is 5.02 Å². The van der Waals surface area contributed by atoms with Gasteiger partial charge in [0.2, 0.25) is 5.91 Å². The molecule has 1 aliphatic rings. The number of rotatable bonds is 6. The van der Waals surface area contributed by atoms with Gasteiger partial charge in [0, 0.05) is 29.6 Å². The van der Waals surface area contributed by atoms with Gasteiger partial charge < -0.3 is 19.3 Å². The van der Waals surface area contributed by atoms with Crippen molar-refractivity contribution in [1.82, 2.24) is 10.5 Å². The van der Waals surface area contributed by atoms with Crippen LogP contribution in [0.1, 0.15) is 11.3 Å². The predicted molar refractivity (Wildman–Crippen MR) is 105 cm³/mol. The van der Waals surface area contributed by atoms with Crippen LogP contribution in [0, 0.1) is 0 Å². The van der Waals surface area contributed by atoms with Crippen LogP contribution in [0.3, 0.4) is 0 Å². The Bertz CT molecular complexity index is 969. The molecule has 0 aliphatic carbocycles. The largest absolute Gasteiger partial charge is 0.486 e. The van der Waals surface area contributed by atoms with Crippen LogP contribution in [-0.4, -0.2) is 30.8 Å². The van der Waals surface area contributed by atoms with Gasteiger partial charge in [-0.25, -0.2) is 0 Å². The second-order valence-electron chi connectivity index (χ2n) is 6.44. The van der Waals surface area contributed by atoms with Crippen molar-refractivity contribution >= 4 is 17.5 Å². The Kier molecular flexibility index (Phi) is 5.48. The van der Waals surface area contributed by atoms with E-state index in [0.29, 0.717) is 42.7 Å². The molecule has 7 heteroatoms. The molecule has 1 amide bonds. The lowest BCUT2D eigenvalue weighted by Crippen LogP contribution is -2.27. The zero-order chi connectivity index (χ0) is 19.3. The van der Waals surface area contributed by atoms with Crippen LogP contribution in [0.5, 0.6) is 11.5 Å². The smallest absolute Gasteiger partial charge is 0.224 e. The molecule has 144 valence electrons. The van der Waals surface area contributed by atoms with E-state index in [1.54, 1.807) is 12.1 Å². The second kappa shape index (κ2) is 8.35. The maximum absolute atomic E-state index is 12.2. The zero-order valence-corrected chi connectivity index (χ0v) is 15.9. The summed E-state index contributed by atoms with van der Waals surface area (Å²) < 4.78 is 16.4. The van der Waals surface area contributed by atoms with Crippen molar-refractivity contribution < 1.29 is 18.8 Å². The Morgan fingerprint density at radius 1 is 1.04 bits per heavy atom. The number of aromatic nitrogens is 1. The number of carbonyl (C=O) groups excluding carboxylic acids is 1. The van der Waals surface area contributed by atoms with E-state index in [1.807, 2.05) is 36.4 Å². The van der Waals surface area contributed by atoms with Gasteiger partial charge in [0.05, 0.1) is 12.1 Å². The highest BCUT2D eigenvalue weighted by Crippen LogP contribution is 2.30. The average Bonchev–Trinajstić information content (AvgIpc) is 3.17. The SMILES string of the molecule is O=C(Cc1ccc2c(c1)OCCO2)NCCc1cc(-c2ccc(Cl)cc2)on1. The van der Waals surface area contributed by atoms with E-state index in [0.717, 1.165) is 22.6 Å². The van der Waals surface area contributed by atoms with Gasteiger partial charge >= 0.3 is 0 Å². The van der Waals surface area contributed by atoms with Gasteiger partial charge in [0.1, 0.15) is 13.2 Å². The Morgan fingerprint density at radius 3 is 2.64 bits per heavy atom. The van der Waals surface area contributed by atoms with Crippen molar-refractivity contribution in [2.75, 3.05) is 19.8 Å². The molecule has 0 saturated carbocycles. The lowest BCUT2D eigenvalue weighted by Gasteiger charge is -2.18. The highest BCUT2D eigenvalue weighted by atomic mass is 35.5. The van der Waals surface area contributed by atoms with Crippen molar-refractivity contribution in [2.45, 2.75) is 12.8 Å². The zero-order valence-electron chi connectivity index (χ0n) is 15.1. The van der Waals surface area contributed by atoms with Gasteiger partial charge in [-0.1, -0.05) is 22.8 Å². The molecule has 0 fully saturated rings. The van der Waals surface area contributed by atoms with Crippen LogP contribution in [-0.2, 0) is 17.6 Å². The topological polar surface area (TPSA) is 73.6 Å². The van der Waals surface area contributed by atoms with Gasteiger partial charge in [0.15, 0.2) is 17.3 Å². The Hall–Kier alpha value is -2.99. The minimum absolute atomic E-state index is 0.0573. The van der Waals surface area contributed by atoms with Gasteiger partial charge in [0.25, 0.3) is 0 Å². The summed E-state index contributed by atoms with van der Waals surface area (Å²) in [6.45, 7) is 1.56. The maximum Gasteiger partial charge on any atom is 0.224 e. The Morgan fingerprint density at radius 2 is 1.82 bits per heavy atom. The molecule has 2 heterocycles. The lowest BCUT2D eigenvalue weighted by molar-refractivity contribution is -0.120. The van der Waals surface area contributed by atoms with Crippen molar-refractivity contribution in [3.63, 3.8) is 0 Å². The van der Waals surface area contributed by atoms with E-state index in [1.165, 1.54) is 0 Å². The molecule has 4 rings (SSSR count). The molecule has 0 atom stereocenters. The first-order valence-corrected chi connectivity index (χ1v) is 9.42. The first-order chi connectivity index (χ1) is 13.7. The number of halogens is 1. The number of amides is 1. The van der Waals surface area contributed by atoms with E-state index in [2.05, 4.69) is 10.5 Å². The summed E-state index contributed by atoms with van der Waals surface area (Å²) in [5.74, 6) is 2.03. The van der Waals surface area contributed by atoms with Crippen LogP contribution >= 0.6 is 11.6 Å². The first-order valence-electron chi connectivity index (χ1n) is 9.04. The number of carbonyl (C=O) groups is 1. The van der Waals surface area contributed by atoms with E-state index in [4.69, 9.17) is 25.6 Å². The minimum atomic E-state index is -0.0573. The number of ether oxygens (including phenoxy) is 2. The first kappa shape index (κ1) is 18.4. The third-order valence-electron chi connectivity index (χ3n) is 4.36. The molecule has 0 radical (unpaired) electrons. The number of hydrogen-bond donors (Lipinski definition) is 1. The molecule has 0 saturated heterocycles. The Balaban J connectivity index is 1.27. The summed E-state index contributed by atoms with van der Waals surface area (Å²) in [5.41, 5.74) is 2.57. The molecule has 1 aliphatic heterocycles. The molecule has 1 aromatic heterocycles. The summed E-state index contributed by atoms with van der Waals surface area (Å²) in [6.07, 6.45) is 0.870. The van der Waals surface area contributed by atoms with Crippen molar-refractivity contribution in [2.24, 2.45) is 0 Å². The monoisotopic (exact) mass is 398 g/mol. The van der Waals surface area contributed by atoms with Crippen LogP contribution in [0.25, 0.3) is 11.3 Å². The van der Waals surface area contributed by atoms with E-state index in [-0.39, 0.29) is 12.3 Å². The lowest BCUT2D eigenvalue weighted by atomic mass is 10.1. The molecular formula is C21H19ClN2O4. The molecule has 0 unspecified atom stereocenters. The van der Waals surface area contributed by atoms with Crippen molar-refractivity contribution in [1.29, 1.82) is 0 Å². The molecule has 1 N–H and O–H groups in total. The summed E-state index contributed by atoms with van der Waals surface area (Å²) in [4.78, 5) is 12.2. The van der Waals surface area contributed by atoms with Gasteiger partial charge in [-0.05, 0) is 42.0 Å². The number of nitrogens with zero attached hydrogens (tertiary/aromatic N) is 1. The third kappa shape index (κ3) is 4.46. The summed E-state index contributed by atoms with van der Waals surface area (Å²) in [5, 5.41) is 7.63. The highest BCUT2D eigenvalue weighted by molar-refractivity contribution is 6.30. The standard InChI is InChI=1S/C21H19ClN2O4/c22-16-4-2-15(3-5-16)19-13-17(24-28-19)7-8-23-21(25)12-14-1-6-18-20(11-14)27-10-9-26-18/h1-6,11,13H,7-10,12H2,(H,23,25). The van der Waals surface area contributed by atoms with Gasteiger partial charge in [-0.15, -0.1) is 0 Å². The average molecular weight is 399 g/mol. The maximum atomic E-state index is 12.2. The van der Waals surface area contributed by atoms with E-state index >= 15 is 0 Å². The molecule has 28 heavy (non-hydrogen) atoms. The number of benzene rings is 2. The van der Waals surface area contributed by atoms with Crippen LogP contribution in [0.15, 0.2) is 53.1 Å². The highest BCUT2D eigenvalue weighted by Gasteiger charge is 2.13. The van der Waals surface area contributed by atoms with E-state index in [9.17, 15) is 4.79 Å². The fraction of sp³-hybridized carbons (Fsp3) is 0.238. The van der Waals surface area contributed by atoms with Crippen molar-refractivity contribution in [3.05, 3.63) is 64.8 Å². The molecule has 3 aromatic rings. The van der Waals surface area contributed by atoms with Crippen molar-refractivity contribution in [3.8, 4) is 22.8 Å².